The molecule has 0 saturated heterocycles. The molecule has 0 aliphatic carbocycles. The third-order valence-corrected chi connectivity index (χ3v) is 5.04. The number of hydrogen-bond acceptors (Lipinski definition) is 4. The van der Waals surface area contributed by atoms with Gasteiger partial charge in [0.1, 0.15) is 5.69 Å². The molecule has 6 heteroatoms. The van der Waals surface area contributed by atoms with Crippen molar-refractivity contribution < 1.29 is 19.1 Å². The van der Waals surface area contributed by atoms with Crippen molar-refractivity contribution in [1.82, 2.24) is 9.88 Å². The van der Waals surface area contributed by atoms with Crippen LogP contribution in [0.2, 0.25) is 0 Å². The molecule has 1 aromatic carbocycles. The lowest BCUT2D eigenvalue weighted by molar-refractivity contribution is 0.0591. The van der Waals surface area contributed by atoms with Gasteiger partial charge in [-0.25, -0.2) is 4.79 Å². The number of Topliss-reactive ketones (excluding diaryl/α,β-unsaturated/α-hetero) is 1. The first-order valence-electron chi connectivity index (χ1n) is 9.77. The molecule has 1 atom stereocenters. The van der Waals surface area contributed by atoms with Crippen LogP contribution < -0.4 is 0 Å². The number of rotatable bonds is 7. The summed E-state index contributed by atoms with van der Waals surface area (Å²) in [6.07, 6.45) is 0. The number of carbonyl (C=O) groups is 3. The number of ether oxygens (including phenoxy) is 1. The Morgan fingerprint density at radius 1 is 1.03 bits per heavy atom. The summed E-state index contributed by atoms with van der Waals surface area (Å²) in [7, 11) is 1.30. The van der Waals surface area contributed by atoms with Gasteiger partial charge >= 0.3 is 5.97 Å². The second kappa shape index (κ2) is 9.07. The van der Waals surface area contributed by atoms with Gasteiger partial charge in [0, 0.05) is 23.4 Å². The molecule has 0 radical (unpaired) electrons. The van der Waals surface area contributed by atoms with Gasteiger partial charge in [0.25, 0.3) is 5.91 Å². The second-order valence-electron chi connectivity index (χ2n) is 7.87. The van der Waals surface area contributed by atoms with Gasteiger partial charge in [0.15, 0.2) is 5.78 Å². The number of H-pyrrole nitrogens is 1. The van der Waals surface area contributed by atoms with E-state index in [0.29, 0.717) is 28.9 Å². The van der Waals surface area contributed by atoms with Crippen LogP contribution in [-0.2, 0) is 4.74 Å². The Morgan fingerprint density at radius 3 is 2.14 bits per heavy atom. The lowest BCUT2D eigenvalue weighted by Gasteiger charge is -2.30. The number of methoxy groups -OCH3 is 1. The van der Waals surface area contributed by atoms with E-state index in [1.54, 1.807) is 37.8 Å². The topological polar surface area (TPSA) is 79.5 Å². The molecule has 0 spiro atoms. The Bertz CT molecular complexity index is 910. The van der Waals surface area contributed by atoms with Crippen LogP contribution in [0.3, 0.4) is 0 Å². The molecule has 0 aliphatic heterocycles. The van der Waals surface area contributed by atoms with Gasteiger partial charge in [-0.2, -0.15) is 0 Å². The molecule has 0 fully saturated rings. The fraction of sp³-hybridized carbons (Fsp3) is 0.435. The van der Waals surface area contributed by atoms with E-state index in [-0.39, 0.29) is 23.3 Å². The Hall–Kier alpha value is -2.89. The molecule has 1 aromatic heterocycles. The fourth-order valence-electron chi connectivity index (χ4n) is 3.45. The highest BCUT2D eigenvalue weighted by molar-refractivity contribution is 6.07. The molecule has 156 valence electrons. The fourth-order valence-corrected chi connectivity index (χ4v) is 3.45. The standard InChI is InChI=1S/C23H30N2O4/c1-13(2)12-25(22(27)18-10-8-14(3)9-11-18)17(6)21(26)19-15(4)20(23(28)29-7)24-16(19)5/h8-11,13,17,24H,12H2,1-7H3. The number of ketones is 1. The number of esters is 1. The number of nitrogens with one attached hydrogen (secondary N) is 1. The number of amides is 1. The van der Waals surface area contributed by atoms with E-state index in [4.69, 9.17) is 4.74 Å². The monoisotopic (exact) mass is 398 g/mol. The third-order valence-electron chi connectivity index (χ3n) is 5.04. The van der Waals surface area contributed by atoms with Crippen molar-refractivity contribution in [3.63, 3.8) is 0 Å². The van der Waals surface area contributed by atoms with Gasteiger partial charge in [-0.15, -0.1) is 0 Å². The zero-order chi connectivity index (χ0) is 21.9. The SMILES string of the molecule is COC(=O)c1[nH]c(C)c(C(=O)C(C)N(CC(C)C)C(=O)c2ccc(C)cc2)c1C. The Balaban J connectivity index is 2.41. The lowest BCUT2D eigenvalue weighted by Crippen LogP contribution is -2.45. The van der Waals surface area contributed by atoms with Crippen LogP contribution in [0.5, 0.6) is 0 Å². The van der Waals surface area contributed by atoms with Gasteiger partial charge in [-0.05, 0) is 51.3 Å². The van der Waals surface area contributed by atoms with E-state index in [0.717, 1.165) is 5.56 Å². The van der Waals surface area contributed by atoms with Crippen molar-refractivity contribution in [2.24, 2.45) is 5.92 Å². The van der Waals surface area contributed by atoms with Crippen LogP contribution in [0.4, 0.5) is 0 Å². The summed E-state index contributed by atoms with van der Waals surface area (Å²) in [5.74, 6) is -0.711. The van der Waals surface area contributed by atoms with Crippen LogP contribution in [0.15, 0.2) is 24.3 Å². The number of aromatic amines is 1. The summed E-state index contributed by atoms with van der Waals surface area (Å²) in [5, 5.41) is 0. The van der Waals surface area contributed by atoms with Crippen molar-refractivity contribution in [3.8, 4) is 0 Å². The maximum Gasteiger partial charge on any atom is 0.354 e. The number of aromatic nitrogens is 1. The average Bonchev–Trinajstić information content (AvgIpc) is 2.98. The highest BCUT2D eigenvalue weighted by Gasteiger charge is 2.32. The zero-order valence-electron chi connectivity index (χ0n) is 18.3. The van der Waals surface area contributed by atoms with Crippen molar-refractivity contribution in [3.05, 3.63) is 57.9 Å². The minimum atomic E-state index is -0.676. The largest absolute Gasteiger partial charge is 0.464 e. The molecule has 0 saturated carbocycles. The molecular weight excluding hydrogens is 368 g/mol. The van der Waals surface area contributed by atoms with Crippen molar-refractivity contribution in [2.75, 3.05) is 13.7 Å². The minimum absolute atomic E-state index is 0.182. The van der Waals surface area contributed by atoms with Gasteiger partial charge in [0.2, 0.25) is 0 Å². The van der Waals surface area contributed by atoms with E-state index in [1.165, 1.54) is 7.11 Å². The molecule has 0 bridgehead atoms. The number of hydrogen-bond donors (Lipinski definition) is 1. The smallest absolute Gasteiger partial charge is 0.354 e. The normalized spacial score (nSPS) is 12.0. The molecular formula is C23H30N2O4. The summed E-state index contributed by atoms with van der Waals surface area (Å²) < 4.78 is 4.79. The average molecular weight is 399 g/mol. The van der Waals surface area contributed by atoms with E-state index in [1.807, 2.05) is 32.9 Å². The third kappa shape index (κ3) is 4.75. The first kappa shape index (κ1) is 22.4. The van der Waals surface area contributed by atoms with Crippen LogP contribution in [0, 0.1) is 26.7 Å². The predicted octanol–water partition coefficient (Wildman–Crippen LogP) is 4.10. The molecule has 0 aliphatic rings. The molecule has 6 nitrogen and oxygen atoms in total. The minimum Gasteiger partial charge on any atom is -0.464 e. The van der Waals surface area contributed by atoms with Crippen molar-refractivity contribution in [1.29, 1.82) is 0 Å². The summed E-state index contributed by atoms with van der Waals surface area (Å²) in [6.45, 7) is 11.6. The van der Waals surface area contributed by atoms with E-state index in [2.05, 4.69) is 4.98 Å². The zero-order valence-corrected chi connectivity index (χ0v) is 18.3. The van der Waals surface area contributed by atoms with Gasteiger partial charge in [0.05, 0.1) is 13.2 Å². The number of carbonyl (C=O) groups excluding carboxylic acids is 3. The Kier molecular flexibility index (Phi) is 7.01. The predicted molar refractivity (Wildman–Crippen MR) is 112 cm³/mol. The van der Waals surface area contributed by atoms with Crippen LogP contribution in [0.1, 0.15) is 68.8 Å². The van der Waals surface area contributed by atoms with Gasteiger partial charge in [-0.3, -0.25) is 9.59 Å². The Morgan fingerprint density at radius 2 is 1.62 bits per heavy atom. The lowest BCUT2D eigenvalue weighted by atomic mass is 9.98. The van der Waals surface area contributed by atoms with Crippen LogP contribution in [-0.4, -0.2) is 47.2 Å². The molecule has 2 aromatic rings. The van der Waals surface area contributed by atoms with Crippen molar-refractivity contribution in [2.45, 2.75) is 47.6 Å². The first-order chi connectivity index (χ1) is 13.6. The molecule has 1 N–H and O–H groups in total. The van der Waals surface area contributed by atoms with Crippen LogP contribution >= 0.6 is 0 Å². The van der Waals surface area contributed by atoms with E-state index >= 15 is 0 Å². The van der Waals surface area contributed by atoms with Gasteiger partial charge in [-0.1, -0.05) is 31.5 Å². The van der Waals surface area contributed by atoms with Gasteiger partial charge < -0.3 is 14.6 Å². The number of nitrogens with zero attached hydrogens (tertiary/aromatic N) is 1. The maximum absolute atomic E-state index is 13.4. The molecule has 1 unspecified atom stereocenters. The summed E-state index contributed by atoms with van der Waals surface area (Å²) in [6, 6.07) is 6.66. The van der Waals surface area contributed by atoms with Crippen molar-refractivity contribution >= 4 is 17.7 Å². The first-order valence-corrected chi connectivity index (χ1v) is 9.77. The van der Waals surface area contributed by atoms with Crippen LogP contribution in [0.25, 0.3) is 0 Å². The summed E-state index contributed by atoms with van der Waals surface area (Å²) in [5.41, 5.74) is 3.44. The van der Waals surface area contributed by atoms with E-state index in [9.17, 15) is 14.4 Å². The highest BCUT2D eigenvalue weighted by Crippen LogP contribution is 2.23. The highest BCUT2D eigenvalue weighted by atomic mass is 16.5. The number of benzene rings is 1. The molecule has 29 heavy (non-hydrogen) atoms. The summed E-state index contributed by atoms with van der Waals surface area (Å²) in [4.78, 5) is 43.1. The Labute approximate surface area is 172 Å². The van der Waals surface area contributed by atoms with E-state index < -0.39 is 12.0 Å². The molecule has 1 heterocycles. The quantitative estimate of drug-likeness (QED) is 0.563. The summed E-state index contributed by atoms with van der Waals surface area (Å²) >= 11 is 0. The maximum atomic E-state index is 13.4. The second-order valence-corrected chi connectivity index (χ2v) is 7.87. The molecule has 2 rings (SSSR count). The molecule has 1 amide bonds. The number of aryl methyl sites for hydroxylation is 2.